The zero-order chi connectivity index (χ0) is 12.1. The van der Waals surface area contributed by atoms with Gasteiger partial charge in [0, 0.05) is 19.1 Å². The Kier molecular flexibility index (Phi) is 4.86. The van der Waals surface area contributed by atoms with E-state index in [0.717, 1.165) is 11.1 Å². The molecule has 0 amide bonds. The van der Waals surface area contributed by atoms with Crippen LogP contribution in [-0.2, 0) is 13.1 Å². The smallest absolute Gasteiger partial charge is 0.123 e. The Morgan fingerprint density at radius 3 is 2.56 bits per heavy atom. The molecule has 1 rings (SSSR count). The van der Waals surface area contributed by atoms with Crippen LogP contribution in [0.1, 0.15) is 18.1 Å². The second kappa shape index (κ2) is 5.94. The Labute approximate surface area is 95.7 Å². The van der Waals surface area contributed by atoms with Crippen molar-refractivity contribution in [2.24, 2.45) is 5.73 Å². The lowest BCUT2D eigenvalue weighted by molar-refractivity contribution is 0.154. The molecular formula is C12H19FN2O. The van der Waals surface area contributed by atoms with Gasteiger partial charge in [-0.2, -0.15) is 0 Å². The highest BCUT2D eigenvalue weighted by molar-refractivity contribution is 5.24. The largest absolute Gasteiger partial charge is 0.395 e. The first-order chi connectivity index (χ1) is 7.56. The van der Waals surface area contributed by atoms with Crippen LogP contribution in [-0.4, -0.2) is 29.7 Å². The number of benzene rings is 1. The van der Waals surface area contributed by atoms with E-state index in [2.05, 4.69) is 0 Å². The molecule has 1 aromatic carbocycles. The van der Waals surface area contributed by atoms with Gasteiger partial charge in [0.15, 0.2) is 0 Å². The molecule has 1 atom stereocenters. The Morgan fingerprint density at radius 1 is 1.38 bits per heavy atom. The molecule has 4 heteroatoms. The van der Waals surface area contributed by atoms with Crippen molar-refractivity contribution in [1.82, 2.24) is 4.90 Å². The van der Waals surface area contributed by atoms with Gasteiger partial charge in [-0.15, -0.1) is 0 Å². The van der Waals surface area contributed by atoms with E-state index in [9.17, 15) is 4.39 Å². The Hall–Kier alpha value is -0.970. The van der Waals surface area contributed by atoms with Crippen molar-refractivity contribution in [3.63, 3.8) is 0 Å². The third-order valence-electron chi connectivity index (χ3n) is 2.70. The summed E-state index contributed by atoms with van der Waals surface area (Å²) in [6.07, 6.45) is 0. The standard InChI is InChI=1S/C12H19FN2O/c1-9(8-16)15(2)7-11-3-10(6-14)4-12(13)5-11/h3-5,9,16H,6-8,14H2,1-2H3. The minimum absolute atomic E-state index is 0.0598. The summed E-state index contributed by atoms with van der Waals surface area (Å²) in [6, 6.07) is 4.90. The number of halogens is 1. The Bertz CT molecular complexity index is 344. The van der Waals surface area contributed by atoms with Crippen LogP contribution in [0.2, 0.25) is 0 Å². The third-order valence-corrected chi connectivity index (χ3v) is 2.70. The van der Waals surface area contributed by atoms with Gasteiger partial charge in [0.1, 0.15) is 5.82 Å². The van der Waals surface area contributed by atoms with Gasteiger partial charge in [-0.05, 0) is 37.2 Å². The average Bonchev–Trinajstić information content (AvgIpc) is 2.26. The van der Waals surface area contributed by atoms with Crippen molar-refractivity contribution in [2.45, 2.75) is 26.1 Å². The van der Waals surface area contributed by atoms with Crippen LogP contribution in [0.15, 0.2) is 18.2 Å². The first-order valence-corrected chi connectivity index (χ1v) is 5.36. The van der Waals surface area contributed by atoms with E-state index in [-0.39, 0.29) is 18.5 Å². The normalized spacial score (nSPS) is 13.1. The van der Waals surface area contributed by atoms with Crippen LogP contribution in [0.4, 0.5) is 4.39 Å². The predicted molar refractivity (Wildman–Crippen MR) is 62.3 cm³/mol. The summed E-state index contributed by atoms with van der Waals surface area (Å²) in [4.78, 5) is 1.97. The van der Waals surface area contributed by atoms with Crippen LogP contribution in [0.25, 0.3) is 0 Å². The molecule has 0 radical (unpaired) electrons. The third kappa shape index (κ3) is 3.56. The van der Waals surface area contributed by atoms with Crippen molar-refractivity contribution < 1.29 is 9.50 Å². The van der Waals surface area contributed by atoms with Crippen molar-refractivity contribution >= 4 is 0 Å². The summed E-state index contributed by atoms with van der Waals surface area (Å²) < 4.78 is 13.2. The van der Waals surface area contributed by atoms with Crippen LogP contribution >= 0.6 is 0 Å². The molecule has 0 heterocycles. The zero-order valence-corrected chi connectivity index (χ0v) is 9.78. The average molecular weight is 226 g/mol. The van der Waals surface area contributed by atoms with E-state index in [0.29, 0.717) is 13.1 Å². The summed E-state index contributed by atoms with van der Waals surface area (Å²) in [5.41, 5.74) is 7.15. The highest BCUT2D eigenvalue weighted by Crippen LogP contribution is 2.12. The van der Waals surface area contributed by atoms with Gasteiger partial charge in [-0.3, -0.25) is 4.90 Å². The van der Waals surface area contributed by atoms with E-state index in [1.54, 1.807) is 0 Å². The quantitative estimate of drug-likeness (QED) is 0.790. The SMILES string of the molecule is CC(CO)N(C)Cc1cc(F)cc(CN)c1. The molecule has 0 bridgehead atoms. The van der Waals surface area contributed by atoms with Crippen LogP contribution in [0.5, 0.6) is 0 Å². The number of nitrogens with zero attached hydrogens (tertiary/aromatic N) is 1. The summed E-state index contributed by atoms with van der Waals surface area (Å²) in [7, 11) is 1.90. The summed E-state index contributed by atoms with van der Waals surface area (Å²) >= 11 is 0. The molecule has 0 aliphatic heterocycles. The number of nitrogens with two attached hydrogens (primary N) is 1. The van der Waals surface area contributed by atoms with E-state index in [1.807, 2.05) is 24.9 Å². The lowest BCUT2D eigenvalue weighted by Crippen LogP contribution is -2.31. The molecule has 0 fully saturated rings. The van der Waals surface area contributed by atoms with Crippen LogP contribution in [0, 0.1) is 5.82 Å². The summed E-state index contributed by atoms with van der Waals surface area (Å²) in [5.74, 6) is -0.261. The number of hydrogen-bond donors (Lipinski definition) is 2. The summed E-state index contributed by atoms with van der Waals surface area (Å²) in [5, 5.41) is 9.00. The number of aliphatic hydroxyl groups is 1. The Morgan fingerprint density at radius 2 is 2.00 bits per heavy atom. The van der Waals surface area contributed by atoms with Gasteiger partial charge in [0.05, 0.1) is 6.61 Å². The maximum absolute atomic E-state index is 13.2. The molecule has 1 aromatic rings. The fourth-order valence-corrected chi connectivity index (χ4v) is 1.51. The summed E-state index contributed by atoms with van der Waals surface area (Å²) in [6.45, 7) is 2.95. The van der Waals surface area contributed by atoms with Crippen molar-refractivity contribution in [3.05, 3.63) is 35.1 Å². The number of aliphatic hydroxyl groups excluding tert-OH is 1. The van der Waals surface area contributed by atoms with Gasteiger partial charge in [0.25, 0.3) is 0 Å². The molecule has 0 aliphatic rings. The van der Waals surface area contributed by atoms with E-state index in [1.165, 1.54) is 12.1 Å². The van der Waals surface area contributed by atoms with Crippen molar-refractivity contribution in [3.8, 4) is 0 Å². The van der Waals surface area contributed by atoms with E-state index < -0.39 is 0 Å². The van der Waals surface area contributed by atoms with E-state index in [4.69, 9.17) is 10.8 Å². The van der Waals surface area contributed by atoms with Crippen LogP contribution < -0.4 is 5.73 Å². The molecule has 0 aliphatic carbocycles. The zero-order valence-electron chi connectivity index (χ0n) is 9.78. The fraction of sp³-hybridized carbons (Fsp3) is 0.500. The molecule has 3 nitrogen and oxygen atoms in total. The van der Waals surface area contributed by atoms with Gasteiger partial charge < -0.3 is 10.8 Å². The molecule has 16 heavy (non-hydrogen) atoms. The highest BCUT2D eigenvalue weighted by Gasteiger charge is 2.09. The lowest BCUT2D eigenvalue weighted by Gasteiger charge is -2.23. The Balaban J connectivity index is 2.76. The van der Waals surface area contributed by atoms with Gasteiger partial charge in [-0.1, -0.05) is 6.07 Å². The monoisotopic (exact) mass is 226 g/mol. The van der Waals surface area contributed by atoms with Crippen molar-refractivity contribution in [2.75, 3.05) is 13.7 Å². The first kappa shape index (κ1) is 13.1. The van der Waals surface area contributed by atoms with Gasteiger partial charge in [0.2, 0.25) is 0 Å². The molecule has 0 saturated heterocycles. The fourth-order valence-electron chi connectivity index (χ4n) is 1.51. The topological polar surface area (TPSA) is 49.5 Å². The maximum atomic E-state index is 13.2. The highest BCUT2D eigenvalue weighted by atomic mass is 19.1. The lowest BCUT2D eigenvalue weighted by atomic mass is 10.1. The van der Waals surface area contributed by atoms with Crippen molar-refractivity contribution in [1.29, 1.82) is 0 Å². The molecule has 0 spiro atoms. The molecule has 1 unspecified atom stereocenters. The number of hydrogen-bond acceptors (Lipinski definition) is 3. The van der Waals surface area contributed by atoms with Crippen LogP contribution in [0.3, 0.4) is 0 Å². The molecule has 0 aromatic heterocycles. The predicted octanol–water partition coefficient (Wildman–Crippen LogP) is 1.10. The molecule has 0 saturated carbocycles. The second-order valence-electron chi connectivity index (χ2n) is 4.12. The minimum atomic E-state index is -0.261. The number of rotatable bonds is 5. The van der Waals surface area contributed by atoms with Gasteiger partial charge in [-0.25, -0.2) is 4.39 Å². The van der Waals surface area contributed by atoms with E-state index >= 15 is 0 Å². The second-order valence-corrected chi connectivity index (χ2v) is 4.12. The number of likely N-dealkylation sites (N-methyl/N-ethyl adjacent to an activating group) is 1. The molecule has 90 valence electrons. The minimum Gasteiger partial charge on any atom is -0.395 e. The molecular weight excluding hydrogens is 207 g/mol. The van der Waals surface area contributed by atoms with Gasteiger partial charge >= 0.3 is 0 Å². The maximum Gasteiger partial charge on any atom is 0.123 e. The first-order valence-electron chi connectivity index (χ1n) is 5.36. The molecule has 3 N–H and O–H groups in total.